The van der Waals surface area contributed by atoms with E-state index in [9.17, 15) is 9.18 Å². The number of anilines is 2. The molecule has 0 spiro atoms. The van der Waals surface area contributed by atoms with Crippen molar-refractivity contribution in [1.29, 1.82) is 0 Å². The number of imidazole rings is 1. The van der Waals surface area contributed by atoms with E-state index < -0.39 is 11.7 Å². The Kier molecular flexibility index (Phi) is 9.32. The minimum Gasteiger partial charge on any atom is -0.497 e. The van der Waals surface area contributed by atoms with E-state index in [2.05, 4.69) is 20.4 Å². The Balaban J connectivity index is 1.19. The van der Waals surface area contributed by atoms with Crippen LogP contribution < -0.4 is 19.7 Å². The van der Waals surface area contributed by atoms with Crippen LogP contribution in [0, 0.1) is 12.7 Å². The quantitative estimate of drug-likeness (QED) is 0.147. The molecule has 13 heteroatoms. The van der Waals surface area contributed by atoms with Crippen LogP contribution >= 0.6 is 11.6 Å². The molecule has 1 amide bonds. The molecule has 0 aliphatic rings. The highest BCUT2D eigenvalue weighted by Gasteiger charge is 2.20. The number of nitrogens with one attached hydrogen (secondary N) is 1. The standard InChI is InChI=1S/C38H32ClFN8O3/c1-24-4-10-29(45-38(49)32-16-28(39)9-15-33(32)40)17-34(24)47-22-27(18-43-47)35-19-41-37-36(42-23-44-48(35)37)46(20-25-5-11-30(50-2)12-6-25)21-26-7-13-31(51-3)14-8-26/h4-19,22-23H,20-21H2,1-3H3,(H,45,49). The van der Waals surface area contributed by atoms with E-state index in [1.54, 1.807) is 47.9 Å². The molecule has 3 aromatic heterocycles. The van der Waals surface area contributed by atoms with Crippen LogP contribution in [0.2, 0.25) is 5.02 Å². The highest BCUT2D eigenvalue weighted by atomic mass is 35.5. The molecule has 4 aromatic carbocycles. The van der Waals surface area contributed by atoms with E-state index in [0.29, 0.717) is 35.9 Å². The summed E-state index contributed by atoms with van der Waals surface area (Å²) in [6.45, 7) is 3.05. The molecular weight excluding hydrogens is 671 g/mol. The summed E-state index contributed by atoms with van der Waals surface area (Å²) in [4.78, 5) is 24.5. The second-order valence-electron chi connectivity index (χ2n) is 11.8. The van der Waals surface area contributed by atoms with Gasteiger partial charge in [-0.15, -0.1) is 0 Å². The van der Waals surface area contributed by atoms with Crippen LogP contribution in [0.1, 0.15) is 27.0 Å². The maximum atomic E-state index is 14.3. The maximum absolute atomic E-state index is 14.3. The van der Waals surface area contributed by atoms with E-state index in [0.717, 1.165) is 45.5 Å². The predicted octanol–water partition coefficient (Wildman–Crippen LogP) is 7.55. The molecule has 11 nitrogen and oxygen atoms in total. The molecule has 0 bridgehead atoms. The number of fused-ring (bicyclic) bond motifs is 1. The molecule has 256 valence electrons. The number of carbonyl (C=O) groups excluding carboxylic acids is 1. The molecular formula is C38H32ClFN8O3. The van der Waals surface area contributed by atoms with Gasteiger partial charge in [0.1, 0.15) is 23.6 Å². The summed E-state index contributed by atoms with van der Waals surface area (Å²) in [5, 5.41) is 12.2. The Bertz CT molecular complexity index is 2290. The van der Waals surface area contributed by atoms with E-state index in [-0.39, 0.29) is 10.6 Å². The zero-order valence-electron chi connectivity index (χ0n) is 27.9. The molecule has 0 saturated heterocycles. The number of aromatic nitrogens is 6. The number of hydrogen-bond acceptors (Lipinski definition) is 8. The third kappa shape index (κ3) is 7.08. The number of hydrogen-bond donors (Lipinski definition) is 1. The van der Waals surface area contributed by atoms with Crippen LogP contribution in [0.4, 0.5) is 15.9 Å². The maximum Gasteiger partial charge on any atom is 0.258 e. The molecule has 0 aliphatic carbocycles. The van der Waals surface area contributed by atoms with Gasteiger partial charge in [0, 0.05) is 35.6 Å². The molecule has 0 unspecified atom stereocenters. The average molecular weight is 703 g/mol. The monoisotopic (exact) mass is 702 g/mol. The fraction of sp³-hybridized carbons (Fsp3) is 0.132. The number of methoxy groups -OCH3 is 2. The molecule has 1 N–H and O–H groups in total. The minimum absolute atomic E-state index is 0.147. The highest BCUT2D eigenvalue weighted by Crippen LogP contribution is 2.29. The lowest BCUT2D eigenvalue weighted by atomic mass is 10.1. The zero-order chi connectivity index (χ0) is 35.5. The molecule has 0 aliphatic heterocycles. The van der Waals surface area contributed by atoms with Crippen molar-refractivity contribution in [3.8, 4) is 28.4 Å². The molecule has 0 atom stereocenters. The van der Waals surface area contributed by atoms with E-state index >= 15 is 0 Å². The number of ether oxygens (including phenoxy) is 2. The number of rotatable bonds is 11. The largest absolute Gasteiger partial charge is 0.497 e. The summed E-state index contributed by atoms with van der Waals surface area (Å²) in [7, 11) is 3.29. The molecule has 7 aromatic rings. The van der Waals surface area contributed by atoms with Crippen LogP contribution in [0.15, 0.2) is 110 Å². The molecule has 0 radical (unpaired) electrons. The van der Waals surface area contributed by atoms with Crippen LogP contribution in [0.5, 0.6) is 11.5 Å². The van der Waals surface area contributed by atoms with Gasteiger partial charge in [-0.25, -0.2) is 23.6 Å². The van der Waals surface area contributed by atoms with Crippen molar-refractivity contribution in [2.75, 3.05) is 24.4 Å². The van der Waals surface area contributed by atoms with Crippen molar-refractivity contribution in [3.63, 3.8) is 0 Å². The van der Waals surface area contributed by atoms with Gasteiger partial charge in [0.25, 0.3) is 5.91 Å². The van der Waals surface area contributed by atoms with Crippen molar-refractivity contribution in [1.82, 2.24) is 29.4 Å². The molecule has 0 fully saturated rings. The summed E-state index contributed by atoms with van der Waals surface area (Å²) in [6.07, 6.45) is 6.86. The predicted molar refractivity (Wildman–Crippen MR) is 193 cm³/mol. The first kappa shape index (κ1) is 33.2. The number of benzene rings is 4. The molecule has 0 saturated carbocycles. The first-order valence-electron chi connectivity index (χ1n) is 15.9. The summed E-state index contributed by atoms with van der Waals surface area (Å²) >= 11 is 6.00. The van der Waals surface area contributed by atoms with Crippen molar-refractivity contribution >= 4 is 34.7 Å². The Labute approximate surface area is 297 Å². The fourth-order valence-electron chi connectivity index (χ4n) is 5.72. The van der Waals surface area contributed by atoms with Gasteiger partial charge in [-0.05, 0) is 78.2 Å². The molecule has 51 heavy (non-hydrogen) atoms. The summed E-state index contributed by atoms with van der Waals surface area (Å²) in [6, 6.07) is 25.1. The number of aryl methyl sites for hydroxylation is 1. The SMILES string of the molecule is COc1ccc(CN(Cc2ccc(OC)cc2)c2ncnn3c(-c4cnn(-c5cc(NC(=O)c6cc(Cl)ccc6F)ccc5C)c4)cnc23)cc1. The molecule has 7 rings (SSSR count). The van der Waals surface area contributed by atoms with Crippen LogP contribution in [0.3, 0.4) is 0 Å². The van der Waals surface area contributed by atoms with Gasteiger partial charge in [-0.2, -0.15) is 10.2 Å². The van der Waals surface area contributed by atoms with Gasteiger partial charge >= 0.3 is 0 Å². The topological polar surface area (TPSA) is 112 Å². The van der Waals surface area contributed by atoms with Crippen LogP contribution in [-0.2, 0) is 13.1 Å². The van der Waals surface area contributed by atoms with Crippen molar-refractivity contribution in [2.45, 2.75) is 20.0 Å². The summed E-state index contributed by atoms with van der Waals surface area (Å²) in [5.41, 5.74) is 6.15. The number of amides is 1. The lowest BCUT2D eigenvalue weighted by Crippen LogP contribution is -2.24. The molecule has 3 heterocycles. The lowest BCUT2D eigenvalue weighted by Gasteiger charge is -2.24. The van der Waals surface area contributed by atoms with Crippen LogP contribution in [0.25, 0.3) is 22.6 Å². The third-order valence-corrected chi connectivity index (χ3v) is 8.65. The Morgan fingerprint density at radius 1 is 0.863 bits per heavy atom. The zero-order valence-corrected chi connectivity index (χ0v) is 28.7. The summed E-state index contributed by atoms with van der Waals surface area (Å²) < 4.78 is 28.5. The van der Waals surface area contributed by atoms with Crippen LogP contribution in [-0.4, -0.2) is 49.5 Å². The Morgan fingerprint density at radius 3 is 2.22 bits per heavy atom. The van der Waals surface area contributed by atoms with Crippen molar-refractivity contribution < 1.29 is 18.7 Å². The van der Waals surface area contributed by atoms with Gasteiger partial charge in [-0.1, -0.05) is 41.9 Å². The van der Waals surface area contributed by atoms with Crippen molar-refractivity contribution in [2.24, 2.45) is 0 Å². The van der Waals surface area contributed by atoms with Gasteiger partial charge in [0.15, 0.2) is 11.5 Å². The van der Waals surface area contributed by atoms with Gasteiger partial charge in [0.05, 0.1) is 43.6 Å². The normalized spacial score (nSPS) is 11.1. The fourth-order valence-corrected chi connectivity index (χ4v) is 5.90. The number of halogens is 2. The van der Waals surface area contributed by atoms with E-state index in [1.165, 1.54) is 18.5 Å². The second-order valence-corrected chi connectivity index (χ2v) is 12.2. The number of nitrogens with zero attached hydrogens (tertiary/aromatic N) is 7. The lowest BCUT2D eigenvalue weighted by molar-refractivity contribution is 0.102. The third-order valence-electron chi connectivity index (χ3n) is 8.41. The minimum atomic E-state index is -0.662. The first-order valence-corrected chi connectivity index (χ1v) is 16.3. The van der Waals surface area contributed by atoms with E-state index in [4.69, 9.17) is 31.0 Å². The highest BCUT2D eigenvalue weighted by molar-refractivity contribution is 6.31. The first-order chi connectivity index (χ1) is 24.8. The second kappa shape index (κ2) is 14.3. The van der Waals surface area contributed by atoms with Gasteiger partial charge in [-0.3, -0.25) is 4.79 Å². The van der Waals surface area contributed by atoms with Crippen molar-refractivity contribution in [3.05, 3.63) is 143 Å². The number of carbonyl (C=O) groups is 1. The Morgan fingerprint density at radius 2 is 1.55 bits per heavy atom. The van der Waals surface area contributed by atoms with Gasteiger partial charge < -0.3 is 19.7 Å². The smallest absolute Gasteiger partial charge is 0.258 e. The average Bonchev–Trinajstić information content (AvgIpc) is 3.81. The summed E-state index contributed by atoms with van der Waals surface area (Å²) in [5.74, 6) is 0.947. The Hall–Kier alpha value is -6.27. The van der Waals surface area contributed by atoms with E-state index in [1.807, 2.05) is 67.7 Å². The van der Waals surface area contributed by atoms with Gasteiger partial charge in [0.2, 0.25) is 0 Å².